The van der Waals surface area contributed by atoms with Crippen LogP contribution in [0.3, 0.4) is 0 Å². The van der Waals surface area contributed by atoms with Crippen LogP contribution < -0.4 is 10.6 Å². The molecule has 2 rings (SSSR count). The Bertz CT molecular complexity index is 919. The Morgan fingerprint density at radius 2 is 1.62 bits per heavy atom. The standard InChI is InChI=1S/C19H22N2O4S/c1-13-5-4-6-18(14(13)2)21-19(23)11-12-26(24,25)17-9-7-16(8-10-17)20-15(3)22/h4-10H,11-12H2,1-3H3,(H,20,22)(H,21,23). The molecule has 0 aromatic heterocycles. The summed E-state index contributed by atoms with van der Waals surface area (Å²) in [4.78, 5) is 23.2. The monoisotopic (exact) mass is 374 g/mol. The average molecular weight is 374 g/mol. The lowest BCUT2D eigenvalue weighted by Gasteiger charge is -2.11. The molecule has 0 heterocycles. The molecule has 138 valence electrons. The molecule has 26 heavy (non-hydrogen) atoms. The van der Waals surface area contributed by atoms with E-state index in [-0.39, 0.29) is 28.9 Å². The molecule has 0 aliphatic carbocycles. The first-order valence-electron chi connectivity index (χ1n) is 8.15. The molecule has 0 radical (unpaired) electrons. The van der Waals surface area contributed by atoms with E-state index in [9.17, 15) is 18.0 Å². The summed E-state index contributed by atoms with van der Waals surface area (Å²) in [5.41, 5.74) is 3.21. The van der Waals surface area contributed by atoms with Crippen molar-refractivity contribution >= 4 is 33.0 Å². The van der Waals surface area contributed by atoms with Gasteiger partial charge in [-0.3, -0.25) is 9.59 Å². The molecule has 0 fully saturated rings. The molecule has 0 spiro atoms. The third kappa shape index (κ3) is 5.16. The predicted octanol–water partition coefficient (Wildman–Crippen LogP) is 3.06. The molecule has 0 unspecified atom stereocenters. The lowest BCUT2D eigenvalue weighted by Crippen LogP contribution is -2.18. The predicted molar refractivity (Wildman–Crippen MR) is 102 cm³/mol. The number of carbonyl (C=O) groups excluding carboxylic acids is 2. The van der Waals surface area contributed by atoms with Crippen molar-refractivity contribution in [1.29, 1.82) is 0 Å². The quantitative estimate of drug-likeness (QED) is 0.813. The molecule has 0 aliphatic rings. The minimum atomic E-state index is -3.58. The number of aryl methyl sites for hydroxylation is 1. The second kappa shape index (κ2) is 8.14. The highest BCUT2D eigenvalue weighted by Crippen LogP contribution is 2.19. The maximum Gasteiger partial charge on any atom is 0.225 e. The van der Waals surface area contributed by atoms with Crippen LogP contribution in [0.5, 0.6) is 0 Å². The second-order valence-corrected chi connectivity index (χ2v) is 8.18. The first kappa shape index (κ1) is 19.7. The molecule has 7 heteroatoms. The van der Waals surface area contributed by atoms with Crippen molar-refractivity contribution in [2.24, 2.45) is 0 Å². The van der Waals surface area contributed by atoms with E-state index in [2.05, 4.69) is 10.6 Å². The van der Waals surface area contributed by atoms with Gasteiger partial charge in [-0.2, -0.15) is 0 Å². The van der Waals surface area contributed by atoms with Crippen LogP contribution in [0.25, 0.3) is 0 Å². The number of amides is 2. The molecule has 2 aromatic carbocycles. The smallest absolute Gasteiger partial charge is 0.225 e. The van der Waals surface area contributed by atoms with Crippen molar-refractivity contribution in [2.45, 2.75) is 32.1 Å². The Balaban J connectivity index is 1.99. The molecule has 0 aliphatic heterocycles. The highest BCUT2D eigenvalue weighted by molar-refractivity contribution is 7.91. The van der Waals surface area contributed by atoms with Gasteiger partial charge in [-0.1, -0.05) is 12.1 Å². The zero-order chi connectivity index (χ0) is 19.3. The van der Waals surface area contributed by atoms with Gasteiger partial charge >= 0.3 is 0 Å². The summed E-state index contributed by atoms with van der Waals surface area (Å²) in [6, 6.07) is 11.4. The summed E-state index contributed by atoms with van der Waals surface area (Å²) in [6.07, 6.45) is -0.136. The minimum Gasteiger partial charge on any atom is -0.326 e. The zero-order valence-electron chi connectivity index (χ0n) is 15.0. The average Bonchev–Trinajstić information content (AvgIpc) is 2.57. The van der Waals surface area contributed by atoms with Gasteiger partial charge in [0.05, 0.1) is 10.6 Å². The molecule has 2 aromatic rings. The fraction of sp³-hybridized carbons (Fsp3) is 0.263. The summed E-state index contributed by atoms with van der Waals surface area (Å²) in [5.74, 6) is -0.871. The van der Waals surface area contributed by atoms with E-state index < -0.39 is 9.84 Å². The van der Waals surface area contributed by atoms with Crippen molar-refractivity contribution in [3.8, 4) is 0 Å². The maximum atomic E-state index is 12.4. The van der Waals surface area contributed by atoms with Crippen molar-refractivity contribution < 1.29 is 18.0 Å². The normalized spacial score (nSPS) is 11.0. The number of hydrogen-bond donors (Lipinski definition) is 2. The first-order valence-corrected chi connectivity index (χ1v) is 9.81. The van der Waals surface area contributed by atoms with Gasteiger partial charge in [0, 0.05) is 24.7 Å². The van der Waals surface area contributed by atoms with E-state index >= 15 is 0 Å². The van der Waals surface area contributed by atoms with Crippen LogP contribution in [0.2, 0.25) is 0 Å². The van der Waals surface area contributed by atoms with E-state index in [1.807, 2.05) is 26.0 Å². The van der Waals surface area contributed by atoms with Gasteiger partial charge in [-0.25, -0.2) is 8.42 Å². The van der Waals surface area contributed by atoms with Gasteiger partial charge in [-0.05, 0) is 55.3 Å². The van der Waals surface area contributed by atoms with Crippen molar-refractivity contribution in [1.82, 2.24) is 0 Å². The Labute approximate surface area is 153 Å². The van der Waals surface area contributed by atoms with Crippen LogP contribution >= 0.6 is 0 Å². The van der Waals surface area contributed by atoms with Gasteiger partial charge in [0.1, 0.15) is 0 Å². The van der Waals surface area contributed by atoms with Gasteiger partial charge < -0.3 is 10.6 Å². The van der Waals surface area contributed by atoms with Gasteiger partial charge in [0.2, 0.25) is 11.8 Å². The van der Waals surface area contributed by atoms with Crippen molar-refractivity contribution in [3.05, 3.63) is 53.6 Å². The molecular weight excluding hydrogens is 352 g/mol. The fourth-order valence-electron chi connectivity index (χ4n) is 2.39. The summed E-state index contributed by atoms with van der Waals surface area (Å²) in [6.45, 7) is 5.22. The Morgan fingerprint density at radius 1 is 0.962 bits per heavy atom. The Morgan fingerprint density at radius 3 is 2.23 bits per heavy atom. The van der Waals surface area contributed by atoms with Crippen LogP contribution in [0.4, 0.5) is 11.4 Å². The fourth-order valence-corrected chi connectivity index (χ4v) is 3.63. The lowest BCUT2D eigenvalue weighted by molar-refractivity contribution is -0.116. The highest BCUT2D eigenvalue weighted by atomic mass is 32.2. The zero-order valence-corrected chi connectivity index (χ0v) is 15.8. The highest BCUT2D eigenvalue weighted by Gasteiger charge is 2.17. The first-order chi connectivity index (χ1) is 12.2. The van der Waals surface area contributed by atoms with Crippen molar-refractivity contribution in [2.75, 3.05) is 16.4 Å². The molecule has 2 N–H and O–H groups in total. The van der Waals surface area contributed by atoms with E-state index in [0.717, 1.165) is 11.1 Å². The summed E-state index contributed by atoms with van der Waals surface area (Å²) in [5, 5.41) is 5.33. The van der Waals surface area contributed by atoms with E-state index in [0.29, 0.717) is 11.4 Å². The van der Waals surface area contributed by atoms with Crippen molar-refractivity contribution in [3.63, 3.8) is 0 Å². The summed E-state index contributed by atoms with van der Waals surface area (Å²) >= 11 is 0. The maximum absolute atomic E-state index is 12.4. The summed E-state index contributed by atoms with van der Waals surface area (Å²) < 4.78 is 24.8. The topological polar surface area (TPSA) is 92.3 Å². The Hall–Kier alpha value is -2.67. The van der Waals surface area contributed by atoms with Crippen LogP contribution in [-0.2, 0) is 19.4 Å². The number of sulfone groups is 1. The largest absolute Gasteiger partial charge is 0.326 e. The van der Waals surface area contributed by atoms with E-state index in [1.54, 1.807) is 6.07 Å². The molecule has 0 saturated carbocycles. The number of benzene rings is 2. The molecule has 0 atom stereocenters. The van der Waals surface area contributed by atoms with E-state index in [4.69, 9.17) is 0 Å². The van der Waals surface area contributed by atoms with Gasteiger partial charge in [0.15, 0.2) is 9.84 Å². The van der Waals surface area contributed by atoms with Crippen LogP contribution in [0.15, 0.2) is 47.4 Å². The Kier molecular flexibility index (Phi) is 6.15. The third-order valence-corrected chi connectivity index (χ3v) is 5.74. The number of anilines is 2. The molecular formula is C19H22N2O4S. The van der Waals surface area contributed by atoms with Gasteiger partial charge in [-0.15, -0.1) is 0 Å². The molecule has 6 nitrogen and oxygen atoms in total. The second-order valence-electron chi connectivity index (χ2n) is 6.07. The molecule has 2 amide bonds. The summed E-state index contributed by atoms with van der Waals surface area (Å²) in [7, 11) is -3.58. The van der Waals surface area contributed by atoms with Gasteiger partial charge in [0.25, 0.3) is 0 Å². The number of nitrogens with one attached hydrogen (secondary N) is 2. The van der Waals surface area contributed by atoms with E-state index in [1.165, 1.54) is 31.2 Å². The van der Waals surface area contributed by atoms with Crippen LogP contribution in [0.1, 0.15) is 24.5 Å². The molecule has 0 bridgehead atoms. The number of carbonyl (C=O) groups is 2. The van der Waals surface area contributed by atoms with Crippen LogP contribution in [0, 0.1) is 13.8 Å². The number of rotatable bonds is 6. The number of hydrogen-bond acceptors (Lipinski definition) is 4. The third-order valence-electron chi connectivity index (χ3n) is 4.01. The minimum absolute atomic E-state index is 0.117. The van der Waals surface area contributed by atoms with Crippen LogP contribution in [-0.4, -0.2) is 26.0 Å². The molecule has 0 saturated heterocycles. The SMILES string of the molecule is CC(=O)Nc1ccc(S(=O)(=O)CCC(=O)Nc2cccc(C)c2C)cc1. The lowest BCUT2D eigenvalue weighted by atomic mass is 10.1.